The van der Waals surface area contributed by atoms with E-state index >= 15 is 0 Å². The number of benzene rings is 2. The van der Waals surface area contributed by atoms with Crippen molar-refractivity contribution in [1.29, 1.82) is 0 Å². The Kier molecular flexibility index (Phi) is 5.66. The van der Waals surface area contributed by atoms with Crippen LogP contribution in [0.3, 0.4) is 0 Å². The minimum Gasteiger partial charge on any atom is -0.298 e. The summed E-state index contributed by atoms with van der Waals surface area (Å²) >= 11 is 14.4. The number of thiocarbonyl (C=S) groups is 1. The van der Waals surface area contributed by atoms with Crippen molar-refractivity contribution in [1.82, 2.24) is 5.32 Å². The van der Waals surface area contributed by atoms with Gasteiger partial charge in [0.25, 0.3) is 11.8 Å². The SMILES string of the molecule is O=C1NC(=S)N(c2ccc(Cl)cc2)C(=O)/C1=C\C=C\c1ccc(Br)cc1. The smallest absolute Gasteiger partial charge is 0.270 e. The number of amides is 2. The Hall–Kier alpha value is -2.28. The molecule has 0 bridgehead atoms. The number of carbonyl (C=O) groups excluding carboxylic acids is 2. The zero-order valence-electron chi connectivity index (χ0n) is 13.3. The molecule has 2 aromatic carbocycles. The monoisotopic (exact) mass is 446 g/mol. The summed E-state index contributed by atoms with van der Waals surface area (Å²) in [6.45, 7) is 0. The van der Waals surface area contributed by atoms with Gasteiger partial charge in [-0.3, -0.25) is 19.8 Å². The fourth-order valence-corrected chi connectivity index (χ4v) is 3.00. The molecular formula is C19H12BrClN2O2S. The van der Waals surface area contributed by atoms with Crippen LogP contribution >= 0.6 is 39.7 Å². The molecule has 7 heteroatoms. The van der Waals surface area contributed by atoms with Gasteiger partial charge in [0.1, 0.15) is 5.57 Å². The molecule has 130 valence electrons. The van der Waals surface area contributed by atoms with Crippen LogP contribution in [0.15, 0.2) is 70.7 Å². The minimum absolute atomic E-state index is 0.00177. The summed E-state index contributed by atoms with van der Waals surface area (Å²) in [7, 11) is 0. The average Bonchev–Trinajstić information content (AvgIpc) is 2.61. The molecule has 2 aromatic rings. The second-order valence-electron chi connectivity index (χ2n) is 5.37. The molecule has 1 aliphatic rings. The van der Waals surface area contributed by atoms with Crippen molar-refractivity contribution in [3.05, 3.63) is 81.3 Å². The summed E-state index contributed by atoms with van der Waals surface area (Å²) < 4.78 is 0.974. The first kappa shape index (κ1) is 18.5. The van der Waals surface area contributed by atoms with Crippen molar-refractivity contribution < 1.29 is 9.59 Å². The van der Waals surface area contributed by atoms with Gasteiger partial charge in [-0.05, 0) is 60.3 Å². The van der Waals surface area contributed by atoms with Gasteiger partial charge in [0.05, 0.1) is 5.69 Å². The minimum atomic E-state index is -0.523. The fraction of sp³-hybridized carbons (Fsp3) is 0. The molecule has 1 fully saturated rings. The Balaban J connectivity index is 1.87. The third-order valence-electron chi connectivity index (χ3n) is 3.61. The molecular weight excluding hydrogens is 436 g/mol. The van der Waals surface area contributed by atoms with E-state index in [0.717, 1.165) is 10.0 Å². The summed E-state index contributed by atoms with van der Waals surface area (Å²) in [4.78, 5) is 26.2. The van der Waals surface area contributed by atoms with Crippen LogP contribution < -0.4 is 10.2 Å². The lowest BCUT2D eigenvalue weighted by atomic mass is 10.1. The standard InChI is InChI=1S/C19H12BrClN2O2S/c20-13-6-4-12(5-7-13)2-1-3-16-17(24)22-19(26)23(18(16)25)15-10-8-14(21)9-11-15/h1-11H,(H,22,24,26)/b2-1+,16-3-. The number of carbonyl (C=O) groups is 2. The molecule has 3 rings (SSSR count). The Morgan fingerprint density at radius 2 is 1.69 bits per heavy atom. The molecule has 2 amide bonds. The molecule has 0 aromatic heterocycles. The van der Waals surface area contributed by atoms with Crippen molar-refractivity contribution >= 4 is 68.4 Å². The first-order chi connectivity index (χ1) is 12.5. The second-order valence-corrected chi connectivity index (χ2v) is 7.11. The predicted octanol–water partition coefficient (Wildman–Crippen LogP) is 4.49. The van der Waals surface area contributed by atoms with E-state index in [0.29, 0.717) is 10.7 Å². The largest absolute Gasteiger partial charge is 0.298 e. The Morgan fingerprint density at radius 1 is 1.04 bits per heavy atom. The summed E-state index contributed by atoms with van der Waals surface area (Å²) in [5, 5.41) is 3.12. The number of nitrogens with one attached hydrogen (secondary N) is 1. The topological polar surface area (TPSA) is 49.4 Å². The van der Waals surface area contributed by atoms with E-state index in [1.807, 2.05) is 24.3 Å². The Morgan fingerprint density at radius 3 is 2.35 bits per heavy atom. The van der Waals surface area contributed by atoms with Crippen LogP contribution in [0.25, 0.3) is 6.08 Å². The third-order valence-corrected chi connectivity index (χ3v) is 4.67. The molecule has 4 nitrogen and oxygen atoms in total. The molecule has 0 atom stereocenters. The van der Waals surface area contributed by atoms with Crippen molar-refractivity contribution in [3.63, 3.8) is 0 Å². The van der Waals surface area contributed by atoms with Crippen LogP contribution in [0.2, 0.25) is 5.02 Å². The van der Waals surface area contributed by atoms with Gasteiger partial charge in [-0.15, -0.1) is 0 Å². The maximum atomic E-state index is 12.8. The van der Waals surface area contributed by atoms with E-state index in [-0.39, 0.29) is 10.7 Å². The van der Waals surface area contributed by atoms with E-state index < -0.39 is 11.8 Å². The first-order valence-electron chi connectivity index (χ1n) is 7.55. The van der Waals surface area contributed by atoms with Gasteiger partial charge in [0.15, 0.2) is 5.11 Å². The van der Waals surface area contributed by atoms with Crippen molar-refractivity contribution in [3.8, 4) is 0 Å². The van der Waals surface area contributed by atoms with Gasteiger partial charge >= 0.3 is 0 Å². The van der Waals surface area contributed by atoms with Crippen LogP contribution in [0.4, 0.5) is 5.69 Å². The molecule has 1 saturated heterocycles. The number of halogens is 2. The molecule has 26 heavy (non-hydrogen) atoms. The van der Waals surface area contributed by atoms with Crippen LogP contribution in [0, 0.1) is 0 Å². The fourth-order valence-electron chi connectivity index (χ4n) is 2.33. The van der Waals surface area contributed by atoms with Gasteiger partial charge in [-0.25, -0.2) is 0 Å². The summed E-state index contributed by atoms with van der Waals surface area (Å²) in [5.74, 6) is -1.01. The lowest BCUT2D eigenvalue weighted by Gasteiger charge is -2.28. The van der Waals surface area contributed by atoms with Gasteiger partial charge in [0, 0.05) is 9.50 Å². The highest BCUT2D eigenvalue weighted by Gasteiger charge is 2.33. The normalized spacial score (nSPS) is 16.5. The summed E-state index contributed by atoms with van der Waals surface area (Å²) in [6, 6.07) is 14.3. The van der Waals surface area contributed by atoms with Crippen LogP contribution in [0.1, 0.15) is 5.56 Å². The highest BCUT2D eigenvalue weighted by atomic mass is 79.9. The van der Waals surface area contributed by atoms with E-state index in [1.165, 1.54) is 11.0 Å². The first-order valence-corrected chi connectivity index (χ1v) is 9.13. The van der Waals surface area contributed by atoms with Crippen molar-refractivity contribution in [2.24, 2.45) is 0 Å². The number of allylic oxidation sites excluding steroid dienone is 2. The van der Waals surface area contributed by atoms with Gasteiger partial charge in [-0.1, -0.05) is 51.8 Å². The number of hydrogen-bond donors (Lipinski definition) is 1. The van der Waals surface area contributed by atoms with Crippen LogP contribution in [0.5, 0.6) is 0 Å². The Bertz CT molecular complexity index is 937. The highest BCUT2D eigenvalue weighted by molar-refractivity contribution is 9.10. The molecule has 1 heterocycles. The number of anilines is 1. The zero-order valence-corrected chi connectivity index (χ0v) is 16.4. The summed E-state index contributed by atoms with van der Waals surface area (Å²) in [6.07, 6.45) is 4.94. The number of rotatable bonds is 3. The molecule has 0 spiro atoms. The third kappa shape index (κ3) is 4.09. The second kappa shape index (κ2) is 7.95. The average molecular weight is 448 g/mol. The highest BCUT2D eigenvalue weighted by Crippen LogP contribution is 2.22. The zero-order chi connectivity index (χ0) is 18.7. The lowest BCUT2D eigenvalue weighted by Crippen LogP contribution is -2.54. The molecule has 0 saturated carbocycles. The van der Waals surface area contributed by atoms with Gasteiger partial charge in [0.2, 0.25) is 0 Å². The van der Waals surface area contributed by atoms with Crippen molar-refractivity contribution in [2.75, 3.05) is 4.90 Å². The molecule has 0 aliphatic carbocycles. The van der Waals surface area contributed by atoms with Crippen molar-refractivity contribution in [2.45, 2.75) is 0 Å². The quantitative estimate of drug-likeness (QED) is 0.428. The molecule has 1 N–H and O–H groups in total. The Labute approximate surface area is 169 Å². The van der Waals surface area contributed by atoms with E-state index in [4.69, 9.17) is 23.8 Å². The maximum Gasteiger partial charge on any atom is 0.270 e. The molecule has 1 aliphatic heterocycles. The maximum absolute atomic E-state index is 12.8. The summed E-state index contributed by atoms with van der Waals surface area (Å²) in [5.41, 5.74) is 1.48. The predicted molar refractivity (Wildman–Crippen MR) is 111 cm³/mol. The number of nitrogens with zero attached hydrogens (tertiary/aromatic N) is 1. The van der Waals surface area contributed by atoms with E-state index in [2.05, 4.69) is 21.2 Å². The van der Waals surface area contributed by atoms with Crippen LogP contribution in [-0.2, 0) is 9.59 Å². The van der Waals surface area contributed by atoms with E-state index in [1.54, 1.807) is 36.4 Å². The van der Waals surface area contributed by atoms with Gasteiger partial charge < -0.3 is 0 Å². The molecule has 0 unspecified atom stereocenters. The lowest BCUT2D eigenvalue weighted by molar-refractivity contribution is -0.122. The van der Waals surface area contributed by atoms with Crippen LogP contribution in [-0.4, -0.2) is 16.9 Å². The van der Waals surface area contributed by atoms with E-state index in [9.17, 15) is 9.59 Å². The molecule has 0 radical (unpaired) electrons. The van der Waals surface area contributed by atoms with Gasteiger partial charge in [-0.2, -0.15) is 0 Å². The number of hydrogen-bond acceptors (Lipinski definition) is 3.